The highest BCUT2D eigenvalue weighted by Gasteiger charge is 2.30. The molecule has 0 saturated carbocycles. The lowest BCUT2D eigenvalue weighted by molar-refractivity contribution is 0.101. The van der Waals surface area contributed by atoms with Gasteiger partial charge in [0.15, 0.2) is 12.4 Å². The van der Waals surface area contributed by atoms with Crippen molar-refractivity contribution in [2.24, 2.45) is 0 Å². The number of hydrogen-bond acceptors (Lipinski definition) is 4. The normalized spacial score (nSPS) is 14.3. The Morgan fingerprint density at radius 3 is 2.91 bits per heavy atom. The second kappa shape index (κ2) is 5.93. The van der Waals surface area contributed by atoms with Gasteiger partial charge in [0, 0.05) is 6.07 Å². The number of benzene rings is 2. The van der Waals surface area contributed by atoms with Crippen LogP contribution >= 0.6 is 0 Å². The SMILES string of the molecule is Cc1cc(OCC#N)cc2c1C(=O)/C(=C/c1cccc(F)c1)O2. The van der Waals surface area contributed by atoms with Gasteiger partial charge >= 0.3 is 0 Å². The van der Waals surface area contributed by atoms with Crippen LogP contribution in [-0.2, 0) is 0 Å². The summed E-state index contributed by atoms with van der Waals surface area (Å²) in [6, 6.07) is 11.0. The van der Waals surface area contributed by atoms with Crippen LogP contribution in [0.3, 0.4) is 0 Å². The molecular weight excluding hydrogens is 297 g/mol. The first-order chi connectivity index (χ1) is 11.1. The van der Waals surface area contributed by atoms with Gasteiger partial charge in [-0.3, -0.25) is 4.79 Å². The van der Waals surface area contributed by atoms with Gasteiger partial charge < -0.3 is 9.47 Å². The van der Waals surface area contributed by atoms with E-state index in [0.717, 1.165) is 0 Å². The van der Waals surface area contributed by atoms with Crippen molar-refractivity contribution in [2.75, 3.05) is 6.61 Å². The summed E-state index contributed by atoms with van der Waals surface area (Å²) in [4.78, 5) is 12.5. The number of hydrogen-bond donors (Lipinski definition) is 0. The fourth-order valence-corrected chi connectivity index (χ4v) is 2.42. The number of nitriles is 1. The van der Waals surface area contributed by atoms with Gasteiger partial charge in [0.2, 0.25) is 5.78 Å². The van der Waals surface area contributed by atoms with Crippen LogP contribution in [0.25, 0.3) is 6.08 Å². The Kier molecular flexibility index (Phi) is 3.82. The third kappa shape index (κ3) is 2.92. The molecule has 5 heteroatoms. The van der Waals surface area contributed by atoms with Crippen molar-refractivity contribution in [3.05, 3.63) is 64.7 Å². The fraction of sp³-hybridized carbons (Fsp3) is 0.111. The van der Waals surface area contributed by atoms with E-state index in [0.29, 0.717) is 28.2 Å². The highest BCUT2D eigenvalue weighted by molar-refractivity contribution is 6.15. The molecule has 114 valence electrons. The van der Waals surface area contributed by atoms with Crippen molar-refractivity contribution in [3.63, 3.8) is 0 Å². The number of rotatable bonds is 3. The molecule has 0 radical (unpaired) electrons. The van der Waals surface area contributed by atoms with Gasteiger partial charge in [-0.15, -0.1) is 0 Å². The third-order valence-electron chi connectivity index (χ3n) is 3.39. The first kappa shape index (κ1) is 14.8. The first-order valence-electron chi connectivity index (χ1n) is 6.92. The number of fused-ring (bicyclic) bond motifs is 1. The van der Waals surface area contributed by atoms with E-state index in [4.69, 9.17) is 14.7 Å². The van der Waals surface area contributed by atoms with Crippen molar-refractivity contribution in [1.82, 2.24) is 0 Å². The Balaban J connectivity index is 1.95. The number of Topliss-reactive ketones (excluding diaryl/α,β-unsaturated/α-hetero) is 1. The van der Waals surface area contributed by atoms with Gasteiger partial charge in [-0.2, -0.15) is 5.26 Å². The Morgan fingerprint density at radius 2 is 2.17 bits per heavy atom. The van der Waals surface area contributed by atoms with Crippen LogP contribution in [0.2, 0.25) is 0 Å². The molecule has 4 nitrogen and oxygen atoms in total. The third-order valence-corrected chi connectivity index (χ3v) is 3.39. The molecule has 1 aliphatic heterocycles. The molecule has 0 fully saturated rings. The molecule has 2 aromatic rings. The predicted molar refractivity (Wildman–Crippen MR) is 81.6 cm³/mol. The molecule has 3 rings (SSSR count). The monoisotopic (exact) mass is 309 g/mol. The quantitative estimate of drug-likeness (QED) is 0.812. The van der Waals surface area contributed by atoms with E-state index in [1.54, 1.807) is 31.2 Å². The molecule has 0 atom stereocenters. The van der Waals surface area contributed by atoms with Crippen LogP contribution < -0.4 is 9.47 Å². The molecule has 0 unspecified atom stereocenters. The van der Waals surface area contributed by atoms with Crippen molar-refractivity contribution >= 4 is 11.9 Å². The second-order valence-corrected chi connectivity index (χ2v) is 5.05. The summed E-state index contributed by atoms with van der Waals surface area (Å²) in [6.45, 7) is 1.68. The lowest BCUT2D eigenvalue weighted by atomic mass is 10.0. The van der Waals surface area contributed by atoms with Crippen molar-refractivity contribution in [3.8, 4) is 17.6 Å². The summed E-state index contributed by atoms with van der Waals surface area (Å²) in [5, 5.41) is 8.56. The van der Waals surface area contributed by atoms with Gasteiger partial charge in [0.05, 0.1) is 5.56 Å². The fourth-order valence-electron chi connectivity index (χ4n) is 2.42. The molecule has 1 aliphatic rings. The van der Waals surface area contributed by atoms with E-state index < -0.39 is 0 Å². The lowest BCUT2D eigenvalue weighted by Crippen LogP contribution is -2.00. The van der Waals surface area contributed by atoms with Crippen LogP contribution in [0, 0.1) is 24.1 Å². The highest BCUT2D eigenvalue weighted by atomic mass is 19.1. The summed E-state index contributed by atoms with van der Waals surface area (Å²) >= 11 is 0. The number of carbonyl (C=O) groups is 1. The number of allylic oxidation sites excluding steroid dienone is 1. The molecule has 0 spiro atoms. The number of aryl methyl sites for hydroxylation is 1. The summed E-state index contributed by atoms with van der Waals surface area (Å²) in [6.07, 6.45) is 1.50. The van der Waals surface area contributed by atoms with Crippen LogP contribution in [0.1, 0.15) is 21.5 Å². The summed E-state index contributed by atoms with van der Waals surface area (Å²) in [5.41, 5.74) is 1.69. The topological polar surface area (TPSA) is 59.3 Å². The molecule has 0 saturated heterocycles. The molecule has 23 heavy (non-hydrogen) atoms. The van der Waals surface area contributed by atoms with E-state index >= 15 is 0 Å². The number of ether oxygens (including phenoxy) is 2. The van der Waals surface area contributed by atoms with E-state index in [-0.39, 0.29) is 24.0 Å². The van der Waals surface area contributed by atoms with Gasteiger partial charge in [-0.05, 0) is 42.3 Å². The maximum absolute atomic E-state index is 13.2. The van der Waals surface area contributed by atoms with Crippen molar-refractivity contribution in [2.45, 2.75) is 6.92 Å². The number of nitrogens with zero attached hydrogens (tertiary/aromatic N) is 1. The first-order valence-corrected chi connectivity index (χ1v) is 6.92. The minimum atomic E-state index is -0.384. The van der Waals surface area contributed by atoms with Gasteiger partial charge in [-0.1, -0.05) is 12.1 Å². The average Bonchev–Trinajstić information content (AvgIpc) is 2.82. The van der Waals surface area contributed by atoms with Crippen LogP contribution in [0.15, 0.2) is 42.2 Å². The molecule has 0 bridgehead atoms. The molecular formula is C18H12FNO3. The molecule has 0 aliphatic carbocycles. The Morgan fingerprint density at radius 1 is 1.35 bits per heavy atom. The summed E-state index contributed by atoms with van der Waals surface area (Å²) in [5.74, 6) is 0.332. The van der Waals surface area contributed by atoms with Crippen LogP contribution in [-0.4, -0.2) is 12.4 Å². The van der Waals surface area contributed by atoms with E-state index in [2.05, 4.69) is 0 Å². The average molecular weight is 309 g/mol. The summed E-state index contributed by atoms with van der Waals surface area (Å²) < 4.78 is 24.1. The van der Waals surface area contributed by atoms with Crippen LogP contribution in [0.4, 0.5) is 4.39 Å². The van der Waals surface area contributed by atoms with E-state index in [1.165, 1.54) is 18.2 Å². The number of carbonyl (C=O) groups excluding carboxylic acids is 1. The Bertz CT molecular complexity index is 865. The van der Waals surface area contributed by atoms with Crippen molar-refractivity contribution in [1.29, 1.82) is 5.26 Å². The van der Waals surface area contributed by atoms with E-state index in [9.17, 15) is 9.18 Å². The van der Waals surface area contributed by atoms with Crippen molar-refractivity contribution < 1.29 is 18.7 Å². The number of halogens is 1. The van der Waals surface area contributed by atoms with Gasteiger partial charge in [-0.25, -0.2) is 4.39 Å². The molecule has 0 amide bonds. The lowest BCUT2D eigenvalue weighted by Gasteiger charge is -2.06. The Hall–Kier alpha value is -3.13. The maximum Gasteiger partial charge on any atom is 0.232 e. The smallest absolute Gasteiger partial charge is 0.232 e. The summed E-state index contributed by atoms with van der Waals surface area (Å²) in [7, 11) is 0. The molecule has 2 aromatic carbocycles. The minimum absolute atomic E-state index is 0.0852. The molecule has 0 aromatic heterocycles. The zero-order valence-electron chi connectivity index (χ0n) is 12.3. The predicted octanol–water partition coefficient (Wildman–Crippen LogP) is 3.65. The zero-order chi connectivity index (χ0) is 16.4. The molecule has 1 heterocycles. The number of ketones is 1. The van der Waals surface area contributed by atoms with Gasteiger partial charge in [0.25, 0.3) is 0 Å². The van der Waals surface area contributed by atoms with Gasteiger partial charge in [0.1, 0.15) is 23.4 Å². The van der Waals surface area contributed by atoms with E-state index in [1.807, 2.05) is 6.07 Å². The minimum Gasteiger partial charge on any atom is -0.479 e. The standard InChI is InChI=1S/C18H12FNO3/c1-11-7-14(22-6-5-20)10-15-17(11)18(21)16(23-15)9-12-3-2-4-13(19)8-12/h2-4,7-10H,6H2,1H3/b16-9-. The van der Waals surface area contributed by atoms with Crippen LogP contribution in [0.5, 0.6) is 11.5 Å². The highest BCUT2D eigenvalue weighted by Crippen LogP contribution is 2.37. The Labute approximate surface area is 132 Å². The zero-order valence-corrected chi connectivity index (χ0v) is 12.3. The second-order valence-electron chi connectivity index (χ2n) is 5.05. The molecule has 0 N–H and O–H groups in total. The maximum atomic E-state index is 13.2. The largest absolute Gasteiger partial charge is 0.479 e.